The van der Waals surface area contributed by atoms with E-state index in [-0.39, 0.29) is 6.47 Å². The number of nitrogens with one attached hydrogen (secondary N) is 1. The van der Waals surface area contributed by atoms with Crippen LogP contribution >= 0.6 is 12.6 Å². The number of para-hydroxylation sites is 1. The van der Waals surface area contributed by atoms with Crippen LogP contribution in [-0.2, 0) is 29.6 Å². The predicted molar refractivity (Wildman–Crippen MR) is 154 cm³/mol. The van der Waals surface area contributed by atoms with Gasteiger partial charge in [-0.3, -0.25) is 4.79 Å². The first-order valence-electron chi connectivity index (χ1n) is 12.4. The quantitative estimate of drug-likeness (QED) is 0.200. The van der Waals surface area contributed by atoms with E-state index in [9.17, 15) is 5.26 Å². The molecule has 3 rings (SSSR count). The molecule has 0 amide bonds. The molecule has 0 bridgehead atoms. The van der Waals surface area contributed by atoms with Gasteiger partial charge in [0.25, 0.3) is 6.47 Å². The molecule has 1 unspecified atom stereocenters. The number of allylic oxidation sites excluding steroid dienone is 4. The van der Waals surface area contributed by atoms with Crippen molar-refractivity contribution in [1.82, 2.24) is 14.9 Å². The van der Waals surface area contributed by atoms with Crippen LogP contribution in [0.3, 0.4) is 0 Å². The highest BCUT2D eigenvalue weighted by Crippen LogP contribution is 2.35. The zero-order valence-electron chi connectivity index (χ0n) is 22.6. The molecule has 2 aromatic rings. The fourth-order valence-electron chi connectivity index (χ4n) is 4.03. The van der Waals surface area contributed by atoms with Crippen molar-refractivity contribution in [3.63, 3.8) is 0 Å². The fourth-order valence-corrected chi connectivity index (χ4v) is 4.52. The fraction of sp³-hybridized carbons (Fsp3) is 0.429. The van der Waals surface area contributed by atoms with E-state index in [1.807, 2.05) is 55.9 Å². The van der Waals surface area contributed by atoms with Gasteiger partial charge in [0.05, 0.1) is 24.8 Å². The highest BCUT2D eigenvalue weighted by Gasteiger charge is 2.21. The maximum absolute atomic E-state index is 9.74. The lowest BCUT2D eigenvalue weighted by molar-refractivity contribution is -0.122. The van der Waals surface area contributed by atoms with Crippen LogP contribution < -0.4 is 15.8 Å². The Kier molecular flexibility index (Phi) is 19.7. The molecular formula is C28H41N5O4S. The van der Waals surface area contributed by atoms with Crippen molar-refractivity contribution in [3.8, 4) is 11.8 Å². The number of imidazole rings is 1. The number of aryl methyl sites for hydroxylation is 2. The number of aromatic nitrogens is 2. The summed E-state index contributed by atoms with van der Waals surface area (Å²) in [6.45, 7) is 6.11. The lowest BCUT2D eigenvalue weighted by Crippen LogP contribution is -2.25. The van der Waals surface area contributed by atoms with Gasteiger partial charge in [-0.05, 0) is 80.6 Å². The Morgan fingerprint density at radius 2 is 2.08 bits per heavy atom. The average molecular weight is 544 g/mol. The van der Waals surface area contributed by atoms with E-state index in [0.29, 0.717) is 12.5 Å². The molecule has 1 aliphatic rings. The number of carbonyl (C=O) groups is 2. The van der Waals surface area contributed by atoms with Crippen LogP contribution in [-0.4, -0.2) is 48.1 Å². The number of hydrogen-bond acceptors (Lipinski definition) is 8. The van der Waals surface area contributed by atoms with E-state index >= 15 is 0 Å². The normalized spacial score (nSPS) is 14.4. The second-order valence-corrected chi connectivity index (χ2v) is 8.57. The maximum Gasteiger partial charge on any atom is 0.290 e. The summed E-state index contributed by atoms with van der Waals surface area (Å²) in [6, 6.07) is 10.5. The predicted octanol–water partition coefficient (Wildman–Crippen LogP) is 4.07. The van der Waals surface area contributed by atoms with Crippen molar-refractivity contribution >= 4 is 25.9 Å². The largest absolute Gasteiger partial charge is 0.494 e. The number of nitriles is 1. The summed E-state index contributed by atoms with van der Waals surface area (Å²) in [5, 5.41) is 20.1. The number of rotatable bonds is 10. The van der Waals surface area contributed by atoms with Gasteiger partial charge in [-0.15, -0.1) is 12.6 Å². The number of nitrogens with zero attached hydrogens (tertiary/aromatic N) is 3. The van der Waals surface area contributed by atoms with E-state index in [0.717, 1.165) is 72.8 Å². The summed E-state index contributed by atoms with van der Waals surface area (Å²) in [6.07, 6.45) is 10.4. The number of ether oxygens (including phenoxy) is 1. The van der Waals surface area contributed by atoms with Crippen LogP contribution in [0.15, 0.2) is 58.8 Å². The van der Waals surface area contributed by atoms with Crippen LogP contribution in [0, 0.1) is 17.2 Å². The van der Waals surface area contributed by atoms with Crippen molar-refractivity contribution in [2.75, 3.05) is 20.2 Å². The Morgan fingerprint density at radius 3 is 2.66 bits per heavy atom. The molecule has 0 saturated heterocycles. The first kappa shape index (κ1) is 34.6. The van der Waals surface area contributed by atoms with Crippen LogP contribution in [0.5, 0.6) is 5.75 Å². The summed E-state index contributed by atoms with van der Waals surface area (Å²) in [5.74, 6) is 2.51. The summed E-state index contributed by atoms with van der Waals surface area (Å²) in [7, 11) is 3.51. The van der Waals surface area contributed by atoms with Crippen molar-refractivity contribution in [2.24, 2.45) is 18.7 Å². The van der Waals surface area contributed by atoms with E-state index in [2.05, 4.69) is 34.2 Å². The Labute approximate surface area is 231 Å². The molecule has 1 heterocycles. The Hall–Kier alpha value is -3.39. The van der Waals surface area contributed by atoms with Gasteiger partial charge in [0.15, 0.2) is 0 Å². The number of benzene rings is 1. The highest BCUT2D eigenvalue weighted by molar-refractivity contribution is 7.84. The molecular weight excluding hydrogens is 502 g/mol. The lowest BCUT2D eigenvalue weighted by Gasteiger charge is -2.25. The van der Waals surface area contributed by atoms with Crippen LogP contribution in [0.25, 0.3) is 0 Å². The summed E-state index contributed by atoms with van der Waals surface area (Å²) in [4.78, 5) is 21.8. The van der Waals surface area contributed by atoms with Gasteiger partial charge in [-0.25, -0.2) is 4.98 Å². The van der Waals surface area contributed by atoms with Gasteiger partial charge >= 0.3 is 0 Å². The summed E-state index contributed by atoms with van der Waals surface area (Å²) < 4.78 is 7.74. The van der Waals surface area contributed by atoms with Crippen molar-refractivity contribution in [3.05, 3.63) is 70.2 Å². The SMILES string of the molecule is C=O.CCOc1ccccc1CC/C=C(\C#N)C1=C(S)CC(CNCc2nccn2C)CC1.CN.O=CO. The van der Waals surface area contributed by atoms with Gasteiger partial charge in [0.2, 0.25) is 0 Å². The van der Waals surface area contributed by atoms with Gasteiger partial charge in [-0.2, -0.15) is 5.26 Å². The van der Waals surface area contributed by atoms with E-state index in [1.54, 1.807) is 0 Å². The minimum Gasteiger partial charge on any atom is -0.494 e. The number of hydrogen-bond donors (Lipinski definition) is 4. The minimum absolute atomic E-state index is 0.250. The van der Waals surface area contributed by atoms with Crippen molar-refractivity contribution < 1.29 is 19.4 Å². The molecule has 4 N–H and O–H groups in total. The Bertz CT molecular complexity index is 1050. The lowest BCUT2D eigenvalue weighted by atomic mass is 9.86. The Balaban J connectivity index is 0.00000179. The number of nitrogens with two attached hydrogens (primary N) is 1. The van der Waals surface area contributed by atoms with E-state index in [4.69, 9.17) is 32.1 Å². The monoisotopic (exact) mass is 543 g/mol. The van der Waals surface area contributed by atoms with Gasteiger partial charge < -0.3 is 30.3 Å². The molecule has 0 saturated carbocycles. The molecule has 208 valence electrons. The average Bonchev–Trinajstić information content (AvgIpc) is 3.35. The highest BCUT2D eigenvalue weighted by atomic mass is 32.1. The second kappa shape index (κ2) is 21.7. The first-order valence-corrected chi connectivity index (χ1v) is 12.8. The number of thiol groups is 1. The number of carbonyl (C=O) groups excluding carboxylic acids is 1. The molecule has 0 radical (unpaired) electrons. The van der Waals surface area contributed by atoms with Gasteiger partial charge in [0.1, 0.15) is 18.4 Å². The zero-order chi connectivity index (χ0) is 28.8. The molecule has 0 fully saturated rings. The molecule has 0 aliphatic heterocycles. The summed E-state index contributed by atoms with van der Waals surface area (Å²) >= 11 is 4.77. The van der Waals surface area contributed by atoms with Gasteiger partial charge in [-0.1, -0.05) is 24.3 Å². The summed E-state index contributed by atoms with van der Waals surface area (Å²) in [5.41, 5.74) is 7.57. The van der Waals surface area contributed by atoms with E-state index < -0.39 is 0 Å². The van der Waals surface area contributed by atoms with Gasteiger partial charge in [0, 0.05) is 19.4 Å². The maximum atomic E-state index is 9.74. The van der Waals surface area contributed by atoms with Crippen molar-refractivity contribution in [2.45, 2.75) is 45.6 Å². The molecule has 1 aromatic carbocycles. The third kappa shape index (κ3) is 12.2. The molecule has 9 nitrogen and oxygen atoms in total. The second-order valence-electron chi connectivity index (χ2n) is 8.03. The standard InChI is InChI=1S/C25H32N4OS.CH5N.CH2O2.CH2O/c1-3-30-23-10-5-4-7-20(23)8-6-9-21(16-26)22-12-11-19(15-24(22)31)17-27-18-25-28-13-14-29(25)2;1-2;2-1-3;1-2/h4-5,7,9-10,13-14,19,27,31H,3,6,8,11-12,15,17-18H2,1-2H3;2H2,1H3;1H,(H,2,3);1H2/b21-9+;;;. The molecule has 1 atom stereocenters. The van der Waals surface area contributed by atoms with Crippen LogP contribution in [0.4, 0.5) is 0 Å². The number of carboxylic acid groups (broad SMARTS) is 1. The third-order valence-corrected chi connectivity index (χ3v) is 6.20. The Morgan fingerprint density at radius 1 is 1.39 bits per heavy atom. The smallest absolute Gasteiger partial charge is 0.290 e. The van der Waals surface area contributed by atoms with Crippen molar-refractivity contribution in [1.29, 1.82) is 5.26 Å². The first-order chi connectivity index (χ1) is 18.5. The molecule has 0 spiro atoms. The zero-order valence-corrected chi connectivity index (χ0v) is 23.5. The minimum atomic E-state index is -0.250. The van der Waals surface area contributed by atoms with Crippen LogP contribution in [0.1, 0.15) is 44.0 Å². The molecule has 10 heteroatoms. The third-order valence-electron chi connectivity index (χ3n) is 5.75. The van der Waals surface area contributed by atoms with Crippen LogP contribution in [0.2, 0.25) is 0 Å². The topological polar surface area (TPSA) is 143 Å². The molecule has 38 heavy (non-hydrogen) atoms. The molecule has 1 aliphatic carbocycles. The molecule has 1 aromatic heterocycles. The van der Waals surface area contributed by atoms with E-state index in [1.165, 1.54) is 12.6 Å².